The van der Waals surface area contributed by atoms with Gasteiger partial charge >= 0.3 is 0 Å². The van der Waals surface area contributed by atoms with Gasteiger partial charge in [0.1, 0.15) is 6.04 Å². The van der Waals surface area contributed by atoms with Gasteiger partial charge < -0.3 is 10.6 Å². The lowest BCUT2D eigenvalue weighted by Crippen LogP contribution is -2.54. The molecule has 27 heavy (non-hydrogen) atoms. The predicted octanol–water partition coefficient (Wildman–Crippen LogP) is -0.0722. The summed E-state index contributed by atoms with van der Waals surface area (Å²) in [6.07, 6.45) is 1.33. The van der Waals surface area contributed by atoms with Crippen molar-refractivity contribution in [3.63, 3.8) is 0 Å². The molecule has 8 nitrogen and oxygen atoms in total. The number of hydrogen-bond donors (Lipinski definition) is 3. The lowest BCUT2D eigenvalue weighted by atomic mass is 10.0. The van der Waals surface area contributed by atoms with Gasteiger partial charge in [-0.3, -0.25) is 29.4 Å². The largest absolute Gasteiger partial charge is 0.313 e. The van der Waals surface area contributed by atoms with Gasteiger partial charge in [0.15, 0.2) is 0 Å². The monoisotopic (exact) mass is 370 g/mol. The zero-order valence-corrected chi connectivity index (χ0v) is 15.1. The molecule has 8 heteroatoms. The van der Waals surface area contributed by atoms with Gasteiger partial charge in [-0.2, -0.15) is 0 Å². The Labute approximate surface area is 156 Å². The molecule has 3 heterocycles. The Kier molecular flexibility index (Phi) is 4.53. The first-order chi connectivity index (χ1) is 13.0. The summed E-state index contributed by atoms with van der Waals surface area (Å²) in [5.74, 6) is -1.91. The Morgan fingerprint density at radius 3 is 2.59 bits per heavy atom. The molecule has 3 aliphatic heterocycles. The quantitative estimate of drug-likeness (QED) is 0.641. The van der Waals surface area contributed by atoms with Gasteiger partial charge in [-0.15, -0.1) is 0 Å². The van der Waals surface area contributed by atoms with Crippen LogP contribution in [-0.2, 0) is 16.1 Å². The zero-order valence-electron chi connectivity index (χ0n) is 15.1. The number of piperidine rings is 1. The average Bonchev–Trinajstić information content (AvgIpc) is 3.15. The Bertz CT molecular complexity index is 837. The topological polar surface area (TPSA) is 108 Å². The third-order valence-electron chi connectivity index (χ3n) is 5.60. The SMILES string of the molecule is C[C@H]1NCC[C@@H]1NCc1ccc2c(c1)C(=O)N(C1CCC(=O)NC1=O)C2=O. The van der Waals surface area contributed by atoms with E-state index in [1.807, 2.05) is 6.07 Å². The van der Waals surface area contributed by atoms with Crippen LogP contribution in [0.5, 0.6) is 0 Å². The fourth-order valence-corrected chi connectivity index (χ4v) is 4.01. The van der Waals surface area contributed by atoms with E-state index in [0.29, 0.717) is 29.8 Å². The van der Waals surface area contributed by atoms with Crippen LogP contribution in [-0.4, -0.2) is 53.2 Å². The van der Waals surface area contributed by atoms with Gasteiger partial charge in [-0.1, -0.05) is 6.07 Å². The number of hydrogen-bond acceptors (Lipinski definition) is 6. The van der Waals surface area contributed by atoms with E-state index in [-0.39, 0.29) is 18.7 Å². The van der Waals surface area contributed by atoms with E-state index in [1.54, 1.807) is 12.1 Å². The lowest BCUT2D eigenvalue weighted by molar-refractivity contribution is -0.136. The van der Waals surface area contributed by atoms with E-state index in [9.17, 15) is 19.2 Å². The third-order valence-corrected chi connectivity index (χ3v) is 5.60. The Hall–Kier alpha value is -2.58. The molecule has 3 aliphatic rings. The van der Waals surface area contributed by atoms with E-state index in [2.05, 4.69) is 22.9 Å². The highest BCUT2D eigenvalue weighted by molar-refractivity contribution is 6.23. The van der Waals surface area contributed by atoms with Crippen molar-refractivity contribution in [2.75, 3.05) is 6.54 Å². The van der Waals surface area contributed by atoms with E-state index in [1.165, 1.54) is 0 Å². The van der Waals surface area contributed by atoms with Gasteiger partial charge in [0, 0.05) is 25.0 Å². The summed E-state index contributed by atoms with van der Waals surface area (Å²) in [6.45, 7) is 3.72. The molecule has 0 spiro atoms. The first kappa shape index (κ1) is 17.8. The van der Waals surface area contributed by atoms with Gasteiger partial charge in [-0.05, 0) is 44.0 Å². The van der Waals surface area contributed by atoms with E-state index in [4.69, 9.17) is 0 Å². The summed E-state index contributed by atoms with van der Waals surface area (Å²) < 4.78 is 0. The number of carbonyl (C=O) groups is 4. The number of benzene rings is 1. The molecule has 0 aromatic heterocycles. The second-order valence-corrected chi connectivity index (χ2v) is 7.35. The molecule has 0 saturated carbocycles. The maximum atomic E-state index is 12.8. The fraction of sp³-hybridized carbons (Fsp3) is 0.474. The van der Waals surface area contributed by atoms with Crippen LogP contribution in [0.2, 0.25) is 0 Å². The molecular formula is C19H22N4O4. The van der Waals surface area contributed by atoms with Crippen molar-refractivity contribution < 1.29 is 19.2 Å². The Balaban J connectivity index is 1.51. The minimum absolute atomic E-state index is 0.118. The van der Waals surface area contributed by atoms with E-state index in [0.717, 1.165) is 23.4 Å². The molecule has 0 bridgehead atoms. The van der Waals surface area contributed by atoms with Crippen LogP contribution in [0, 0.1) is 0 Å². The molecule has 2 fully saturated rings. The minimum atomic E-state index is -0.929. The number of nitrogens with zero attached hydrogens (tertiary/aromatic N) is 1. The first-order valence-electron chi connectivity index (χ1n) is 9.27. The summed E-state index contributed by atoms with van der Waals surface area (Å²) in [7, 11) is 0. The standard InChI is InChI=1S/C19H22N4O4/c1-10-14(6-7-20-10)21-9-11-2-3-12-13(8-11)19(27)23(18(12)26)15-4-5-16(24)22-17(15)25/h2-3,8,10,14-15,20-21H,4-7,9H2,1H3,(H,22,24,25)/t10-,14+,15?/m1/s1. The highest BCUT2D eigenvalue weighted by Crippen LogP contribution is 2.28. The molecule has 4 amide bonds. The maximum Gasteiger partial charge on any atom is 0.262 e. The average molecular weight is 370 g/mol. The maximum absolute atomic E-state index is 12.8. The van der Waals surface area contributed by atoms with E-state index < -0.39 is 23.8 Å². The second-order valence-electron chi connectivity index (χ2n) is 7.35. The molecule has 0 aliphatic carbocycles. The molecule has 0 radical (unpaired) electrons. The fourth-order valence-electron chi connectivity index (χ4n) is 4.01. The van der Waals surface area contributed by atoms with Crippen LogP contribution in [0.25, 0.3) is 0 Å². The molecule has 1 aromatic rings. The number of fused-ring (bicyclic) bond motifs is 1. The predicted molar refractivity (Wildman–Crippen MR) is 95.8 cm³/mol. The van der Waals surface area contributed by atoms with Gasteiger partial charge in [0.25, 0.3) is 11.8 Å². The van der Waals surface area contributed by atoms with Crippen LogP contribution in [0.3, 0.4) is 0 Å². The van der Waals surface area contributed by atoms with Crippen molar-refractivity contribution in [3.8, 4) is 0 Å². The number of rotatable bonds is 4. The van der Waals surface area contributed by atoms with Gasteiger partial charge in [0.05, 0.1) is 11.1 Å². The summed E-state index contributed by atoms with van der Waals surface area (Å²) in [5.41, 5.74) is 1.55. The summed E-state index contributed by atoms with van der Waals surface area (Å²) in [6, 6.07) is 5.04. The Morgan fingerprint density at radius 1 is 1.11 bits per heavy atom. The molecule has 2 saturated heterocycles. The number of amides is 4. The van der Waals surface area contributed by atoms with Crippen LogP contribution in [0.1, 0.15) is 52.5 Å². The molecule has 142 valence electrons. The highest BCUT2D eigenvalue weighted by atomic mass is 16.2. The molecule has 3 N–H and O–H groups in total. The smallest absolute Gasteiger partial charge is 0.262 e. The normalized spacial score (nSPS) is 27.9. The molecule has 1 aromatic carbocycles. The van der Waals surface area contributed by atoms with Crippen molar-refractivity contribution >= 4 is 23.6 Å². The van der Waals surface area contributed by atoms with Crippen molar-refractivity contribution in [3.05, 3.63) is 34.9 Å². The highest BCUT2D eigenvalue weighted by Gasteiger charge is 2.44. The molecule has 3 atom stereocenters. The van der Waals surface area contributed by atoms with Gasteiger partial charge in [0.2, 0.25) is 11.8 Å². The summed E-state index contributed by atoms with van der Waals surface area (Å²) >= 11 is 0. The number of nitrogens with one attached hydrogen (secondary N) is 3. The molecular weight excluding hydrogens is 348 g/mol. The minimum Gasteiger partial charge on any atom is -0.313 e. The van der Waals surface area contributed by atoms with Crippen LogP contribution >= 0.6 is 0 Å². The second kappa shape index (κ2) is 6.86. The lowest BCUT2D eigenvalue weighted by Gasteiger charge is -2.27. The van der Waals surface area contributed by atoms with Crippen LogP contribution in [0.4, 0.5) is 0 Å². The number of carbonyl (C=O) groups excluding carboxylic acids is 4. The van der Waals surface area contributed by atoms with Crippen molar-refractivity contribution in [2.45, 2.75) is 50.9 Å². The van der Waals surface area contributed by atoms with Crippen LogP contribution < -0.4 is 16.0 Å². The van der Waals surface area contributed by atoms with E-state index >= 15 is 0 Å². The third kappa shape index (κ3) is 3.15. The number of imide groups is 2. The van der Waals surface area contributed by atoms with Gasteiger partial charge in [-0.25, -0.2) is 0 Å². The first-order valence-corrected chi connectivity index (χ1v) is 9.27. The zero-order chi connectivity index (χ0) is 19.1. The van der Waals surface area contributed by atoms with Crippen molar-refractivity contribution in [2.24, 2.45) is 0 Å². The summed E-state index contributed by atoms with van der Waals surface area (Å²) in [5, 5.41) is 9.06. The van der Waals surface area contributed by atoms with Crippen molar-refractivity contribution in [1.82, 2.24) is 20.9 Å². The molecule has 1 unspecified atom stereocenters. The van der Waals surface area contributed by atoms with Crippen LogP contribution in [0.15, 0.2) is 18.2 Å². The Morgan fingerprint density at radius 2 is 1.89 bits per heavy atom. The summed E-state index contributed by atoms with van der Waals surface area (Å²) in [4.78, 5) is 49.9. The van der Waals surface area contributed by atoms with Crippen molar-refractivity contribution in [1.29, 1.82) is 0 Å². The molecule has 4 rings (SSSR count).